The number of halogens is 2. The molecule has 29 heavy (non-hydrogen) atoms. The van der Waals surface area contributed by atoms with Crippen LogP contribution in [0.1, 0.15) is 17.7 Å². The van der Waals surface area contributed by atoms with Crippen molar-refractivity contribution in [3.8, 4) is 11.8 Å². The first kappa shape index (κ1) is 20.8. The molecule has 0 aliphatic carbocycles. The molecule has 3 aromatic rings. The van der Waals surface area contributed by atoms with Gasteiger partial charge < -0.3 is 19.9 Å². The molecule has 3 heterocycles. The summed E-state index contributed by atoms with van der Waals surface area (Å²) in [5.74, 6) is 1.45. The predicted molar refractivity (Wildman–Crippen MR) is 111 cm³/mol. The Kier molecular flexibility index (Phi) is 6.20. The number of aromatic nitrogens is 3. The van der Waals surface area contributed by atoms with Crippen LogP contribution < -0.4 is 15.4 Å². The molecule has 1 fully saturated rings. The number of hydrogen-bond acceptors (Lipinski definition) is 6. The first-order valence-electron chi connectivity index (χ1n) is 9.13. The van der Waals surface area contributed by atoms with E-state index in [1.807, 2.05) is 29.2 Å². The number of imidazole rings is 1. The number of fused-ring (bicyclic) bond motifs is 1. The van der Waals surface area contributed by atoms with E-state index in [0.29, 0.717) is 31.6 Å². The fourth-order valence-electron chi connectivity index (χ4n) is 3.50. The van der Waals surface area contributed by atoms with Gasteiger partial charge in [-0.05, 0) is 30.7 Å². The summed E-state index contributed by atoms with van der Waals surface area (Å²) in [5.41, 5.74) is 9.00. The van der Waals surface area contributed by atoms with E-state index in [-0.39, 0.29) is 12.4 Å². The van der Waals surface area contributed by atoms with Gasteiger partial charge in [0.15, 0.2) is 0 Å². The van der Waals surface area contributed by atoms with Crippen LogP contribution in [0.15, 0.2) is 36.5 Å². The van der Waals surface area contributed by atoms with E-state index in [9.17, 15) is 4.39 Å². The lowest BCUT2D eigenvalue weighted by molar-refractivity contribution is 0.243. The first-order chi connectivity index (χ1) is 13.6. The molecule has 1 aromatic carbocycles. The van der Waals surface area contributed by atoms with Crippen LogP contribution in [0.2, 0.25) is 0 Å². The molecule has 4 rings (SSSR count). The lowest BCUT2D eigenvalue weighted by atomic mass is 10.1. The number of ether oxygens (including phenoxy) is 1. The monoisotopic (exact) mass is 416 g/mol. The van der Waals surface area contributed by atoms with Gasteiger partial charge >= 0.3 is 0 Å². The Morgan fingerprint density at radius 2 is 2.17 bits per heavy atom. The highest BCUT2D eigenvalue weighted by Gasteiger charge is 2.29. The molecular formula is C20H22ClFN6O. The Bertz CT molecular complexity index is 1030. The summed E-state index contributed by atoms with van der Waals surface area (Å²) in [6.07, 6.45) is 0.944. The van der Waals surface area contributed by atoms with E-state index in [2.05, 4.69) is 15.6 Å². The zero-order valence-electron chi connectivity index (χ0n) is 16.0. The third kappa shape index (κ3) is 4.11. The van der Waals surface area contributed by atoms with Gasteiger partial charge in [-0.3, -0.25) is 4.98 Å². The van der Waals surface area contributed by atoms with Crippen LogP contribution in [0.25, 0.3) is 11.0 Å². The summed E-state index contributed by atoms with van der Waals surface area (Å²) in [5, 5.41) is 8.97. The number of piperidine rings is 1. The quantitative estimate of drug-likeness (QED) is 0.702. The van der Waals surface area contributed by atoms with Crippen molar-refractivity contribution in [3.05, 3.63) is 47.8 Å². The van der Waals surface area contributed by atoms with Gasteiger partial charge in [0.25, 0.3) is 0 Å². The molecule has 1 aliphatic rings. The van der Waals surface area contributed by atoms with Crippen molar-refractivity contribution in [3.63, 3.8) is 0 Å². The second-order valence-corrected chi connectivity index (χ2v) is 6.92. The molecule has 152 valence electrons. The van der Waals surface area contributed by atoms with Crippen LogP contribution in [-0.4, -0.2) is 46.9 Å². The molecule has 0 spiro atoms. The number of pyridine rings is 1. The molecule has 0 saturated carbocycles. The molecule has 2 aromatic heterocycles. The lowest BCUT2D eigenvalue weighted by Gasteiger charge is -2.34. The minimum absolute atomic E-state index is 0. The summed E-state index contributed by atoms with van der Waals surface area (Å²) in [4.78, 5) is 11.2. The molecule has 7 nitrogen and oxygen atoms in total. The van der Waals surface area contributed by atoms with Gasteiger partial charge in [0.2, 0.25) is 5.95 Å². The SMILES string of the molecule is COc1ccc2c(c1)nc(N1CC[C@@H](F)[C@H](N)C1)n2Cc1ccc(C#N)cn1.Cl. The van der Waals surface area contributed by atoms with Crippen molar-refractivity contribution in [2.24, 2.45) is 5.73 Å². The number of nitrogens with zero attached hydrogens (tertiary/aromatic N) is 5. The standard InChI is InChI=1S/C20H21FN6O.ClH/c1-28-15-4-5-19-18(8-15)25-20(26-7-6-16(21)17(23)12-26)27(19)11-14-3-2-13(9-22)10-24-14;/h2-5,8,10,16-17H,6-7,11-12,23H2,1H3;1H/t16-,17-;/m1./s1. The molecule has 2 N–H and O–H groups in total. The maximum absolute atomic E-state index is 13.9. The van der Waals surface area contributed by atoms with Gasteiger partial charge in [0, 0.05) is 25.4 Å². The zero-order chi connectivity index (χ0) is 19.7. The highest BCUT2D eigenvalue weighted by molar-refractivity contribution is 5.85. The second kappa shape index (κ2) is 8.64. The van der Waals surface area contributed by atoms with Crippen LogP contribution in [0.4, 0.5) is 10.3 Å². The summed E-state index contributed by atoms with van der Waals surface area (Å²) in [6, 6.07) is 10.8. The van der Waals surface area contributed by atoms with Crippen LogP contribution >= 0.6 is 12.4 Å². The van der Waals surface area contributed by atoms with Gasteiger partial charge in [0.1, 0.15) is 18.0 Å². The number of hydrogen-bond donors (Lipinski definition) is 1. The average molecular weight is 417 g/mol. The Morgan fingerprint density at radius 1 is 1.34 bits per heavy atom. The summed E-state index contributed by atoms with van der Waals surface area (Å²) in [7, 11) is 1.62. The van der Waals surface area contributed by atoms with Crippen molar-refractivity contribution >= 4 is 29.4 Å². The minimum Gasteiger partial charge on any atom is -0.497 e. The molecule has 0 amide bonds. The van der Waals surface area contributed by atoms with Gasteiger partial charge in [-0.15, -0.1) is 12.4 Å². The first-order valence-corrected chi connectivity index (χ1v) is 9.13. The average Bonchev–Trinajstić information content (AvgIpc) is 3.08. The van der Waals surface area contributed by atoms with E-state index < -0.39 is 12.2 Å². The van der Waals surface area contributed by atoms with Crippen LogP contribution in [0.5, 0.6) is 5.75 Å². The molecule has 2 atom stereocenters. The largest absolute Gasteiger partial charge is 0.497 e. The number of alkyl halides is 1. The number of rotatable bonds is 4. The van der Waals surface area contributed by atoms with Crippen molar-refractivity contribution < 1.29 is 9.13 Å². The topological polar surface area (TPSA) is 93.0 Å². The van der Waals surface area contributed by atoms with E-state index in [0.717, 1.165) is 28.4 Å². The van der Waals surface area contributed by atoms with Gasteiger partial charge in [-0.2, -0.15) is 5.26 Å². The number of benzene rings is 1. The minimum atomic E-state index is -0.991. The van der Waals surface area contributed by atoms with E-state index in [4.69, 9.17) is 20.7 Å². The van der Waals surface area contributed by atoms with E-state index in [1.165, 1.54) is 0 Å². The van der Waals surface area contributed by atoms with Crippen molar-refractivity contribution in [1.82, 2.24) is 14.5 Å². The van der Waals surface area contributed by atoms with Crippen molar-refractivity contribution in [1.29, 1.82) is 5.26 Å². The highest BCUT2D eigenvalue weighted by Crippen LogP contribution is 2.29. The Morgan fingerprint density at radius 3 is 2.83 bits per heavy atom. The highest BCUT2D eigenvalue weighted by atomic mass is 35.5. The summed E-state index contributed by atoms with van der Waals surface area (Å²) in [6.45, 7) is 1.44. The van der Waals surface area contributed by atoms with Crippen LogP contribution in [-0.2, 0) is 6.54 Å². The molecule has 0 unspecified atom stereocenters. The maximum Gasteiger partial charge on any atom is 0.206 e. The normalized spacial score (nSPS) is 18.9. The predicted octanol–water partition coefficient (Wildman–Crippen LogP) is 2.66. The maximum atomic E-state index is 13.9. The molecule has 0 radical (unpaired) electrons. The number of anilines is 1. The van der Waals surface area contributed by atoms with Crippen molar-refractivity contribution in [2.45, 2.75) is 25.2 Å². The third-order valence-electron chi connectivity index (χ3n) is 5.06. The van der Waals surface area contributed by atoms with Gasteiger partial charge in [0.05, 0.1) is 42.0 Å². The lowest BCUT2D eigenvalue weighted by Crippen LogP contribution is -2.50. The second-order valence-electron chi connectivity index (χ2n) is 6.92. The van der Waals surface area contributed by atoms with Crippen molar-refractivity contribution in [2.75, 3.05) is 25.1 Å². The Labute approximate surface area is 174 Å². The number of methoxy groups -OCH3 is 1. The smallest absolute Gasteiger partial charge is 0.206 e. The van der Waals surface area contributed by atoms with Crippen LogP contribution in [0, 0.1) is 11.3 Å². The molecule has 1 aliphatic heterocycles. The van der Waals surface area contributed by atoms with E-state index in [1.54, 1.807) is 19.4 Å². The van der Waals surface area contributed by atoms with Gasteiger partial charge in [-0.1, -0.05) is 0 Å². The molecular weight excluding hydrogens is 395 g/mol. The van der Waals surface area contributed by atoms with Crippen LogP contribution in [0.3, 0.4) is 0 Å². The molecule has 0 bridgehead atoms. The molecule has 9 heteroatoms. The summed E-state index contributed by atoms with van der Waals surface area (Å²) >= 11 is 0. The Balaban J connectivity index is 0.00000240. The summed E-state index contributed by atoms with van der Waals surface area (Å²) < 4.78 is 21.2. The zero-order valence-corrected chi connectivity index (χ0v) is 16.8. The number of nitrogens with two attached hydrogens (primary N) is 1. The molecule has 1 saturated heterocycles. The van der Waals surface area contributed by atoms with Gasteiger partial charge in [-0.25, -0.2) is 9.37 Å². The number of nitriles is 1. The Hall–Kier alpha value is -2.89. The fraction of sp³-hybridized carbons (Fsp3) is 0.350. The third-order valence-corrected chi connectivity index (χ3v) is 5.06. The van der Waals surface area contributed by atoms with E-state index >= 15 is 0 Å². The fourth-order valence-corrected chi connectivity index (χ4v) is 3.50.